The maximum absolute atomic E-state index is 9.68. The highest BCUT2D eigenvalue weighted by Crippen LogP contribution is 2.30. The Bertz CT molecular complexity index is 585. The zero-order valence-corrected chi connectivity index (χ0v) is 12.6. The Balaban J connectivity index is 1.68. The van der Waals surface area contributed by atoms with E-state index >= 15 is 0 Å². The van der Waals surface area contributed by atoms with Gasteiger partial charge in [-0.1, -0.05) is 62.4 Å². The Hall–Kier alpha value is -1.54. The molecule has 1 aliphatic rings. The second-order valence-corrected chi connectivity index (χ2v) is 6.06. The Morgan fingerprint density at radius 2 is 1.81 bits per heavy atom. The highest BCUT2D eigenvalue weighted by atomic mass is 16.5. The van der Waals surface area contributed by atoms with E-state index in [1.807, 2.05) is 18.2 Å². The molecule has 3 rings (SSSR count). The van der Waals surface area contributed by atoms with Gasteiger partial charge in [-0.3, -0.25) is 0 Å². The van der Waals surface area contributed by atoms with Crippen molar-refractivity contribution in [2.45, 2.75) is 45.1 Å². The van der Waals surface area contributed by atoms with Gasteiger partial charge in [0.1, 0.15) is 5.75 Å². The number of ether oxygens (including phenoxy) is 1. The van der Waals surface area contributed by atoms with Crippen LogP contribution in [-0.2, 0) is 6.61 Å². The molecule has 0 unspecified atom stereocenters. The van der Waals surface area contributed by atoms with E-state index in [1.54, 1.807) is 0 Å². The number of aliphatic hydroxyl groups excluding tert-OH is 1. The molecule has 2 aromatic carbocycles. The lowest BCUT2D eigenvalue weighted by Crippen LogP contribution is -2.11. The number of rotatable bonds is 5. The van der Waals surface area contributed by atoms with E-state index in [1.165, 1.54) is 32.1 Å². The molecule has 0 atom stereocenters. The van der Waals surface area contributed by atoms with Gasteiger partial charge < -0.3 is 9.84 Å². The summed E-state index contributed by atoms with van der Waals surface area (Å²) in [5.41, 5.74) is 0.914. The van der Waals surface area contributed by atoms with E-state index in [2.05, 4.69) is 18.2 Å². The van der Waals surface area contributed by atoms with Gasteiger partial charge >= 0.3 is 0 Å². The zero-order chi connectivity index (χ0) is 14.5. The molecule has 0 aliphatic heterocycles. The standard InChI is InChI=1S/C19H24O2/c20-14-18-17-9-5-4-8-16(17)10-11-19(18)21-13-12-15-6-2-1-3-7-15/h4-5,8-11,15,20H,1-3,6-7,12-14H2. The zero-order valence-electron chi connectivity index (χ0n) is 12.6. The summed E-state index contributed by atoms with van der Waals surface area (Å²) >= 11 is 0. The van der Waals surface area contributed by atoms with Crippen LogP contribution < -0.4 is 4.74 Å². The lowest BCUT2D eigenvalue weighted by Gasteiger charge is -2.21. The fourth-order valence-corrected chi connectivity index (χ4v) is 3.43. The topological polar surface area (TPSA) is 29.5 Å². The van der Waals surface area contributed by atoms with E-state index in [4.69, 9.17) is 4.74 Å². The summed E-state index contributed by atoms with van der Waals surface area (Å²) in [4.78, 5) is 0. The normalized spacial score (nSPS) is 16.2. The molecule has 2 nitrogen and oxygen atoms in total. The van der Waals surface area contributed by atoms with Crippen LogP contribution >= 0.6 is 0 Å². The molecule has 0 heterocycles. The summed E-state index contributed by atoms with van der Waals surface area (Å²) in [6.45, 7) is 0.788. The Kier molecular flexibility index (Phi) is 4.76. The third-order valence-electron chi connectivity index (χ3n) is 4.66. The van der Waals surface area contributed by atoms with Crippen molar-refractivity contribution < 1.29 is 9.84 Å². The van der Waals surface area contributed by atoms with Crippen molar-refractivity contribution in [2.75, 3.05) is 6.61 Å². The van der Waals surface area contributed by atoms with E-state index in [9.17, 15) is 5.11 Å². The van der Waals surface area contributed by atoms with Crippen LogP contribution in [0.4, 0.5) is 0 Å². The van der Waals surface area contributed by atoms with Crippen LogP contribution in [0.25, 0.3) is 10.8 Å². The summed E-state index contributed by atoms with van der Waals surface area (Å²) in [5, 5.41) is 11.9. The first-order valence-electron chi connectivity index (χ1n) is 8.13. The van der Waals surface area contributed by atoms with E-state index in [-0.39, 0.29) is 6.61 Å². The van der Waals surface area contributed by atoms with Crippen molar-refractivity contribution >= 4 is 10.8 Å². The molecule has 112 valence electrons. The van der Waals surface area contributed by atoms with Gasteiger partial charge in [-0.05, 0) is 29.2 Å². The van der Waals surface area contributed by atoms with Gasteiger partial charge in [-0.15, -0.1) is 0 Å². The van der Waals surface area contributed by atoms with Crippen LogP contribution in [0.1, 0.15) is 44.1 Å². The predicted molar refractivity (Wildman–Crippen MR) is 86.6 cm³/mol. The van der Waals surface area contributed by atoms with E-state index in [0.717, 1.165) is 41.0 Å². The van der Waals surface area contributed by atoms with Crippen molar-refractivity contribution in [3.8, 4) is 5.75 Å². The van der Waals surface area contributed by atoms with Crippen LogP contribution in [0.3, 0.4) is 0 Å². The van der Waals surface area contributed by atoms with Crippen molar-refractivity contribution in [1.29, 1.82) is 0 Å². The molecule has 0 spiro atoms. The van der Waals surface area contributed by atoms with Crippen LogP contribution in [0, 0.1) is 5.92 Å². The first-order valence-corrected chi connectivity index (χ1v) is 8.13. The van der Waals surface area contributed by atoms with E-state index < -0.39 is 0 Å². The maximum Gasteiger partial charge on any atom is 0.125 e. The summed E-state index contributed by atoms with van der Waals surface area (Å²) in [6, 6.07) is 12.2. The molecule has 2 aromatic rings. The van der Waals surface area contributed by atoms with Gasteiger partial charge in [0, 0.05) is 5.56 Å². The fraction of sp³-hybridized carbons (Fsp3) is 0.474. The molecule has 2 heteroatoms. The third kappa shape index (κ3) is 3.38. The SMILES string of the molecule is OCc1c(OCCC2CCCCC2)ccc2ccccc12. The first kappa shape index (κ1) is 14.4. The quantitative estimate of drug-likeness (QED) is 0.863. The monoisotopic (exact) mass is 284 g/mol. The summed E-state index contributed by atoms with van der Waals surface area (Å²) < 4.78 is 5.98. The van der Waals surface area contributed by atoms with Crippen molar-refractivity contribution in [3.63, 3.8) is 0 Å². The molecular formula is C19H24O2. The number of benzene rings is 2. The third-order valence-corrected chi connectivity index (χ3v) is 4.66. The molecule has 1 N–H and O–H groups in total. The maximum atomic E-state index is 9.68. The van der Waals surface area contributed by atoms with Crippen molar-refractivity contribution in [2.24, 2.45) is 5.92 Å². The molecule has 1 fully saturated rings. The summed E-state index contributed by atoms with van der Waals surface area (Å²) in [5.74, 6) is 1.67. The molecule has 0 bridgehead atoms. The molecule has 0 radical (unpaired) electrons. The molecule has 0 amide bonds. The number of aliphatic hydroxyl groups is 1. The van der Waals surface area contributed by atoms with Gasteiger partial charge in [-0.2, -0.15) is 0 Å². The average molecular weight is 284 g/mol. The minimum atomic E-state index is 0.0279. The minimum Gasteiger partial charge on any atom is -0.493 e. The van der Waals surface area contributed by atoms with Gasteiger partial charge in [-0.25, -0.2) is 0 Å². The molecule has 0 saturated heterocycles. The van der Waals surface area contributed by atoms with Crippen LogP contribution in [-0.4, -0.2) is 11.7 Å². The van der Waals surface area contributed by atoms with Crippen molar-refractivity contribution in [1.82, 2.24) is 0 Å². The largest absolute Gasteiger partial charge is 0.493 e. The minimum absolute atomic E-state index is 0.0279. The summed E-state index contributed by atoms with van der Waals surface area (Å²) in [6.07, 6.45) is 8.00. The van der Waals surface area contributed by atoms with Crippen LogP contribution in [0.5, 0.6) is 5.75 Å². The highest BCUT2D eigenvalue weighted by molar-refractivity contribution is 5.87. The fourth-order valence-electron chi connectivity index (χ4n) is 3.43. The number of hydrogen-bond acceptors (Lipinski definition) is 2. The lowest BCUT2D eigenvalue weighted by molar-refractivity contribution is 0.234. The molecular weight excluding hydrogens is 260 g/mol. The van der Waals surface area contributed by atoms with Crippen LogP contribution in [0.15, 0.2) is 36.4 Å². The van der Waals surface area contributed by atoms with Gasteiger partial charge in [0.25, 0.3) is 0 Å². The Labute approximate surface area is 126 Å². The second kappa shape index (κ2) is 6.95. The lowest BCUT2D eigenvalue weighted by atomic mass is 9.87. The molecule has 1 aliphatic carbocycles. The van der Waals surface area contributed by atoms with Gasteiger partial charge in [0.2, 0.25) is 0 Å². The van der Waals surface area contributed by atoms with Gasteiger partial charge in [0.05, 0.1) is 13.2 Å². The predicted octanol–water partition coefficient (Wildman–Crippen LogP) is 4.68. The molecule has 0 aromatic heterocycles. The smallest absolute Gasteiger partial charge is 0.125 e. The average Bonchev–Trinajstić information content (AvgIpc) is 2.55. The summed E-state index contributed by atoms with van der Waals surface area (Å²) in [7, 11) is 0. The number of hydrogen-bond donors (Lipinski definition) is 1. The van der Waals surface area contributed by atoms with E-state index in [0.29, 0.717) is 0 Å². The highest BCUT2D eigenvalue weighted by Gasteiger charge is 2.14. The van der Waals surface area contributed by atoms with Crippen LogP contribution in [0.2, 0.25) is 0 Å². The molecule has 1 saturated carbocycles. The first-order chi connectivity index (χ1) is 10.4. The van der Waals surface area contributed by atoms with Crippen molar-refractivity contribution in [3.05, 3.63) is 42.0 Å². The second-order valence-electron chi connectivity index (χ2n) is 6.06. The number of fused-ring (bicyclic) bond motifs is 1. The van der Waals surface area contributed by atoms with Gasteiger partial charge in [0.15, 0.2) is 0 Å². The Morgan fingerprint density at radius 1 is 1.00 bits per heavy atom. The Morgan fingerprint density at radius 3 is 2.62 bits per heavy atom. The molecule has 21 heavy (non-hydrogen) atoms.